The van der Waals surface area contributed by atoms with E-state index in [9.17, 15) is 0 Å². The van der Waals surface area contributed by atoms with Gasteiger partial charge >= 0.3 is 0 Å². The van der Waals surface area contributed by atoms with Gasteiger partial charge in [-0.25, -0.2) is 15.8 Å². The van der Waals surface area contributed by atoms with Gasteiger partial charge in [-0.2, -0.15) is 0 Å². The van der Waals surface area contributed by atoms with E-state index in [1.165, 1.54) is 0 Å². The average Bonchev–Trinajstić information content (AvgIpc) is 2.44. The monoisotopic (exact) mass is 251 g/mol. The number of hydrazine groups is 1. The average molecular weight is 251 g/mol. The summed E-state index contributed by atoms with van der Waals surface area (Å²) in [7, 11) is 0. The Morgan fingerprint density at radius 2 is 1.61 bits per heavy atom. The summed E-state index contributed by atoms with van der Waals surface area (Å²) in [6, 6.07) is 1.86. The number of aryl methyl sites for hydroxylation is 1. The number of nitrogen functional groups attached to an aromatic ring is 1. The molecular weight excluding hydrogens is 226 g/mol. The van der Waals surface area contributed by atoms with E-state index < -0.39 is 0 Å². The number of nitrogens with zero attached hydrogens (tertiary/aromatic N) is 2. The lowest BCUT2D eigenvalue weighted by molar-refractivity contribution is 0.419. The Morgan fingerprint density at radius 3 is 2.06 bits per heavy atom. The van der Waals surface area contributed by atoms with Crippen molar-refractivity contribution in [2.45, 2.75) is 58.9 Å². The number of rotatable bonds is 7. The molecule has 0 fully saturated rings. The minimum absolute atomic E-state index is 0.102. The number of hydrogen-bond donors (Lipinski definition) is 3. The third kappa shape index (κ3) is 3.32. The van der Waals surface area contributed by atoms with E-state index in [0.29, 0.717) is 5.82 Å². The van der Waals surface area contributed by atoms with Gasteiger partial charge < -0.3 is 10.7 Å². The normalized spacial score (nSPS) is 11.4. The van der Waals surface area contributed by atoms with Crippen molar-refractivity contribution in [2.24, 2.45) is 5.84 Å². The van der Waals surface area contributed by atoms with Crippen LogP contribution in [0.1, 0.15) is 52.8 Å². The van der Waals surface area contributed by atoms with Gasteiger partial charge in [-0.1, -0.05) is 27.7 Å². The van der Waals surface area contributed by atoms with Crippen LogP contribution in [-0.2, 0) is 6.42 Å². The lowest BCUT2D eigenvalue weighted by Gasteiger charge is -2.32. The summed E-state index contributed by atoms with van der Waals surface area (Å²) in [5, 5.41) is 3.54. The fourth-order valence-corrected chi connectivity index (χ4v) is 2.08. The molecule has 0 spiro atoms. The van der Waals surface area contributed by atoms with Crippen LogP contribution in [0.4, 0.5) is 11.6 Å². The summed E-state index contributed by atoms with van der Waals surface area (Å²) in [5.74, 6) is 7.73. The Labute approximate surface area is 110 Å². The summed E-state index contributed by atoms with van der Waals surface area (Å²) in [4.78, 5) is 8.80. The van der Waals surface area contributed by atoms with Crippen molar-refractivity contribution in [1.29, 1.82) is 0 Å². The Bertz CT molecular complexity index is 343. The van der Waals surface area contributed by atoms with Gasteiger partial charge in [-0.3, -0.25) is 0 Å². The lowest BCUT2D eigenvalue weighted by atomic mass is 9.90. The van der Waals surface area contributed by atoms with Crippen LogP contribution in [0.3, 0.4) is 0 Å². The van der Waals surface area contributed by atoms with E-state index in [1.807, 2.05) is 13.0 Å². The second-order valence-electron chi connectivity index (χ2n) is 4.52. The van der Waals surface area contributed by atoms with Gasteiger partial charge in [0, 0.05) is 18.0 Å². The molecule has 5 heteroatoms. The van der Waals surface area contributed by atoms with Gasteiger partial charge in [-0.05, 0) is 19.3 Å². The second-order valence-corrected chi connectivity index (χ2v) is 4.52. The van der Waals surface area contributed by atoms with Gasteiger partial charge in [0.25, 0.3) is 0 Å². The second kappa shape index (κ2) is 6.54. The third-order valence-electron chi connectivity index (χ3n) is 3.66. The predicted octanol–water partition coefficient (Wildman–Crippen LogP) is 2.71. The maximum Gasteiger partial charge on any atom is 0.145 e. The quantitative estimate of drug-likeness (QED) is 0.513. The van der Waals surface area contributed by atoms with Crippen LogP contribution in [0.15, 0.2) is 6.07 Å². The van der Waals surface area contributed by atoms with Gasteiger partial charge in [0.15, 0.2) is 0 Å². The number of aromatic nitrogens is 2. The zero-order chi connectivity index (χ0) is 13.6. The highest BCUT2D eigenvalue weighted by atomic mass is 15.3. The van der Waals surface area contributed by atoms with Crippen molar-refractivity contribution in [2.75, 3.05) is 10.7 Å². The molecule has 0 radical (unpaired) electrons. The Kier molecular flexibility index (Phi) is 5.34. The molecule has 0 aliphatic carbocycles. The van der Waals surface area contributed by atoms with E-state index in [2.05, 4.69) is 41.5 Å². The first-order valence-electron chi connectivity index (χ1n) is 6.75. The van der Waals surface area contributed by atoms with Crippen LogP contribution in [0, 0.1) is 0 Å². The molecule has 0 aromatic carbocycles. The molecule has 0 bridgehead atoms. The first-order valence-corrected chi connectivity index (χ1v) is 6.75. The number of nitrogens with two attached hydrogens (primary N) is 1. The molecule has 1 aromatic heterocycles. The van der Waals surface area contributed by atoms with Crippen LogP contribution in [-0.4, -0.2) is 15.5 Å². The fourth-order valence-electron chi connectivity index (χ4n) is 2.08. The molecule has 1 rings (SSSR count). The first-order chi connectivity index (χ1) is 8.62. The standard InChI is InChI=1S/C13H25N5/c1-5-10-15-11(9-12(16-10)18-14)17-13(6-2,7-3)8-4/h9H,5-8,14H2,1-4H3,(H2,15,16,17,18). The molecule has 5 nitrogen and oxygen atoms in total. The molecule has 0 aliphatic rings. The SMILES string of the molecule is CCc1nc(NN)cc(NC(CC)(CC)CC)n1. The van der Waals surface area contributed by atoms with E-state index in [4.69, 9.17) is 5.84 Å². The van der Waals surface area contributed by atoms with E-state index >= 15 is 0 Å². The summed E-state index contributed by atoms with van der Waals surface area (Å²) in [6.45, 7) is 8.63. The van der Waals surface area contributed by atoms with Crippen molar-refractivity contribution in [3.05, 3.63) is 11.9 Å². The zero-order valence-electron chi connectivity index (χ0n) is 11.9. The third-order valence-corrected chi connectivity index (χ3v) is 3.66. The Morgan fingerprint density at radius 1 is 1.06 bits per heavy atom. The van der Waals surface area contributed by atoms with Crippen molar-refractivity contribution in [3.8, 4) is 0 Å². The topological polar surface area (TPSA) is 75.9 Å². The van der Waals surface area contributed by atoms with Crippen LogP contribution in [0.25, 0.3) is 0 Å². The van der Waals surface area contributed by atoms with Crippen molar-refractivity contribution in [3.63, 3.8) is 0 Å². The number of anilines is 2. The predicted molar refractivity (Wildman–Crippen MR) is 76.4 cm³/mol. The smallest absolute Gasteiger partial charge is 0.145 e. The maximum atomic E-state index is 5.44. The molecule has 0 atom stereocenters. The minimum atomic E-state index is 0.102. The van der Waals surface area contributed by atoms with E-state index in [1.54, 1.807) is 0 Å². The Hall–Kier alpha value is -1.36. The largest absolute Gasteiger partial charge is 0.364 e. The number of nitrogens with one attached hydrogen (secondary N) is 2. The van der Waals surface area contributed by atoms with Gasteiger partial charge in [0.1, 0.15) is 17.5 Å². The van der Waals surface area contributed by atoms with Crippen LogP contribution in [0.5, 0.6) is 0 Å². The Balaban J connectivity index is 3.01. The molecule has 1 aromatic rings. The highest BCUT2D eigenvalue weighted by Crippen LogP contribution is 2.25. The van der Waals surface area contributed by atoms with Crippen molar-refractivity contribution in [1.82, 2.24) is 9.97 Å². The first kappa shape index (κ1) is 14.7. The summed E-state index contributed by atoms with van der Waals surface area (Å²) in [6.07, 6.45) is 3.99. The molecule has 0 saturated carbocycles. The minimum Gasteiger partial charge on any atom is -0.364 e. The van der Waals surface area contributed by atoms with Crippen molar-refractivity contribution < 1.29 is 0 Å². The fraction of sp³-hybridized carbons (Fsp3) is 0.692. The van der Waals surface area contributed by atoms with E-state index in [-0.39, 0.29) is 5.54 Å². The molecular formula is C13H25N5. The van der Waals surface area contributed by atoms with Crippen molar-refractivity contribution >= 4 is 11.6 Å². The van der Waals surface area contributed by atoms with Crippen LogP contribution < -0.4 is 16.6 Å². The summed E-state index contributed by atoms with van der Waals surface area (Å²) < 4.78 is 0. The molecule has 4 N–H and O–H groups in total. The molecule has 102 valence electrons. The number of hydrogen-bond acceptors (Lipinski definition) is 5. The molecule has 1 heterocycles. The van der Waals surface area contributed by atoms with Crippen LogP contribution >= 0.6 is 0 Å². The molecule has 0 saturated heterocycles. The zero-order valence-corrected chi connectivity index (χ0v) is 11.9. The molecule has 18 heavy (non-hydrogen) atoms. The van der Waals surface area contributed by atoms with Crippen LogP contribution in [0.2, 0.25) is 0 Å². The van der Waals surface area contributed by atoms with Gasteiger partial charge in [0.05, 0.1) is 0 Å². The molecule has 0 amide bonds. The van der Waals surface area contributed by atoms with Gasteiger partial charge in [0.2, 0.25) is 0 Å². The molecule has 0 unspecified atom stereocenters. The molecule has 0 aliphatic heterocycles. The highest BCUT2D eigenvalue weighted by Gasteiger charge is 2.24. The summed E-state index contributed by atoms with van der Waals surface area (Å²) in [5.41, 5.74) is 2.69. The maximum absolute atomic E-state index is 5.44. The highest BCUT2D eigenvalue weighted by molar-refractivity contribution is 5.48. The van der Waals surface area contributed by atoms with E-state index in [0.717, 1.165) is 37.3 Å². The van der Waals surface area contributed by atoms with Gasteiger partial charge in [-0.15, -0.1) is 0 Å². The lowest BCUT2D eigenvalue weighted by Crippen LogP contribution is -2.36. The summed E-state index contributed by atoms with van der Waals surface area (Å²) >= 11 is 0.